The molecule has 1 unspecified atom stereocenters. The first-order valence-electron chi connectivity index (χ1n) is 11.3. The minimum Gasteiger partial charge on any atom is -0.369 e. The predicted octanol–water partition coefficient (Wildman–Crippen LogP) is 2.97. The van der Waals surface area contributed by atoms with Crippen LogP contribution >= 0.6 is 0 Å². The van der Waals surface area contributed by atoms with Gasteiger partial charge < -0.3 is 15.1 Å². The molecular weight excluding hydrogens is 404 g/mol. The fourth-order valence-electron chi connectivity index (χ4n) is 4.59. The molecule has 32 heavy (non-hydrogen) atoms. The Hall–Kier alpha value is -3.26. The molecule has 1 aliphatic heterocycles. The van der Waals surface area contributed by atoms with Gasteiger partial charge in [0.15, 0.2) is 5.78 Å². The van der Waals surface area contributed by atoms with Gasteiger partial charge in [0.1, 0.15) is 5.65 Å². The van der Waals surface area contributed by atoms with Crippen LogP contribution in [0.2, 0.25) is 0 Å². The highest BCUT2D eigenvalue weighted by molar-refractivity contribution is 5.85. The molecule has 0 spiro atoms. The van der Waals surface area contributed by atoms with Gasteiger partial charge in [0.05, 0.1) is 6.04 Å². The number of fused-ring (bicyclic) bond motifs is 1. The van der Waals surface area contributed by atoms with Crippen LogP contribution in [0.25, 0.3) is 11.0 Å². The molecule has 0 bridgehead atoms. The highest BCUT2D eigenvalue weighted by atomic mass is 16.1. The van der Waals surface area contributed by atoms with Crippen molar-refractivity contribution >= 4 is 34.1 Å². The normalized spacial score (nSPS) is 20.0. The van der Waals surface area contributed by atoms with Gasteiger partial charge in [-0.05, 0) is 50.2 Å². The predicted molar refractivity (Wildman–Crippen MR) is 126 cm³/mol. The summed E-state index contributed by atoms with van der Waals surface area (Å²) in [6.07, 6.45) is 4.73. The number of likely N-dealkylation sites (N-methyl/N-ethyl adjacent to an activating group) is 1. The van der Waals surface area contributed by atoms with Crippen molar-refractivity contribution < 1.29 is 4.79 Å². The van der Waals surface area contributed by atoms with Gasteiger partial charge >= 0.3 is 0 Å². The topological polar surface area (TPSA) is 83.4 Å². The molecule has 1 saturated carbocycles. The zero-order valence-corrected chi connectivity index (χ0v) is 18.3. The number of anilines is 3. The Morgan fingerprint density at radius 1 is 0.969 bits per heavy atom. The van der Waals surface area contributed by atoms with E-state index in [1.165, 1.54) is 11.8 Å². The highest BCUT2D eigenvalue weighted by Gasteiger charge is 2.26. The molecule has 0 amide bonds. The molecule has 2 aliphatic rings. The summed E-state index contributed by atoms with van der Waals surface area (Å²) in [5.41, 5.74) is 2.39. The maximum Gasteiger partial charge on any atom is 0.252 e. The molecule has 1 saturated heterocycles. The number of hydrogen-bond donors (Lipinski definition) is 1. The Kier molecular flexibility index (Phi) is 5.61. The van der Waals surface area contributed by atoms with Crippen LogP contribution in [0.15, 0.2) is 47.4 Å². The second-order valence-electron chi connectivity index (χ2n) is 8.70. The van der Waals surface area contributed by atoms with Crippen molar-refractivity contribution in [2.45, 2.75) is 31.7 Å². The van der Waals surface area contributed by atoms with E-state index < -0.39 is 6.04 Å². The number of ketones is 1. The molecule has 1 aromatic carbocycles. The minimum absolute atomic E-state index is 0.110. The van der Waals surface area contributed by atoms with E-state index in [2.05, 4.69) is 44.3 Å². The van der Waals surface area contributed by atoms with Gasteiger partial charge in [-0.3, -0.25) is 14.2 Å². The van der Waals surface area contributed by atoms with Crippen LogP contribution in [-0.4, -0.2) is 58.4 Å². The second kappa shape index (κ2) is 8.70. The van der Waals surface area contributed by atoms with Crippen molar-refractivity contribution in [2.24, 2.45) is 0 Å². The molecule has 8 heteroatoms. The van der Waals surface area contributed by atoms with Crippen molar-refractivity contribution in [1.29, 1.82) is 0 Å². The van der Waals surface area contributed by atoms with Crippen LogP contribution in [-0.2, 0) is 4.79 Å². The average molecular weight is 433 g/mol. The third-order valence-electron chi connectivity index (χ3n) is 6.49. The number of pyridine rings is 1. The number of nitrogens with one attached hydrogen (secondary N) is 1. The van der Waals surface area contributed by atoms with E-state index >= 15 is 0 Å². The Morgan fingerprint density at radius 2 is 1.75 bits per heavy atom. The summed E-state index contributed by atoms with van der Waals surface area (Å²) in [5.74, 6) is 0.519. The number of Topliss-reactive ketones (excluding diaryl/α,β-unsaturated/α-hetero) is 1. The monoisotopic (exact) mass is 432 g/mol. The maximum atomic E-state index is 12.7. The lowest BCUT2D eigenvalue weighted by molar-refractivity contribution is -0.123. The summed E-state index contributed by atoms with van der Waals surface area (Å²) in [7, 11) is 2.15. The molecule has 166 valence electrons. The minimum atomic E-state index is -0.439. The van der Waals surface area contributed by atoms with E-state index in [0.29, 0.717) is 24.4 Å². The van der Waals surface area contributed by atoms with Crippen LogP contribution in [0.5, 0.6) is 0 Å². The average Bonchev–Trinajstić information content (AvgIpc) is 2.81. The first kappa shape index (κ1) is 20.6. The molecule has 2 aromatic heterocycles. The zero-order chi connectivity index (χ0) is 22.1. The van der Waals surface area contributed by atoms with E-state index in [1.807, 2.05) is 12.1 Å². The summed E-state index contributed by atoms with van der Waals surface area (Å²) < 4.78 is 1.56. The van der Waals surface area contributed by atoms with Crippen LogP contribution < -0.4 is 15.8 Å². The lowest BCUT2D eigenvalue weighted by Crippen LogP contribution is -2.44. The molecule has 2 fully saturated rings. The number of nitrogens with zero attached hydrogens (tertiary/aromatic N) is 5. The third kappa shape index (κ3) is 4.10. The maximum absolute atomic E-state index is 12.7. The van der Waals surface area contributed by atoms with E-state index in [1.54, 1.807) is 16.8 Å². The molecule has 0 radical (unpaired) electrons. The SMILES string of the molecule is CN1CCN(c2ccc(Nc3ncc4ccc(=O)n(C5CCCCC5=O)c4n3)cc2)CC1. The van der Waals surface area contributed by atoms with Crippen molar-refractivity contribution in [3.8, 4) is 0 Å². The largest absolute Gasteiger partial charge is 0.369 e. The van der Waals surface area contributed by atoms with Gasteiger partial charge in [0.25, 0.3) is 5.56 Å². The summed E-state index contributed by atoms with van der Waals surface area (Å²) in [6, 6.07) is 11.0. The summed E-state index contributed by atoms with van der Waals surface area (Å²) in [6.45, 7) is 4.18. The smallest absolute Gasteiger partial charge is 0.252 e. The van der Waals surface area contributed by atoms with Crippen molar-refractivity contribution in [3.05, 3.63) is 52.9 Å². The molecule has 1 atom stereocenters. The molecule has 1 N–H and O–H groups in total. The summed E-state index contributed by atoms with van der Waals surface area (Å²) >= 11 is 0. The van der Waals surface area contributed by atoms with Gasteiger partial charge in [-0.2, -0.15) is 4.98 Å². The van der Waals surface area contributed by atoms with Crippen LogP contribution in [0, 0.1) is 0 Å². The molecular formula is C24H28N6O2. The number of benzene rings is 1. The lowest BCUT2D eigenvalue weighted by Gasteiger charge is -2.34. The van der Waals surface area contributed by atoms with E-state index in [-0.39, 0.29) is 11.3 Å². The number of rotatable bonds is 4. The van der Waals surface area contributed by atoms with E-state index in [0.717, 1.165) is 50.1 Å². The number of aromatic nitrogens is 3. The number of piperazine rings is 1. The Balaban J connectivity index is 1.41. The van der Waals surface area contributed by atoms with E-state index in [9.17, 15) is 9.59 Å². The number of carbonyl (C=O) groups excluding carboxylic acids is 1. The Labute approximate surface area is 186 Å². The lowest BCUT2D eigenvalue weighted by atomic mass is 9.93. The van der Waals surface area contributed by atoms with E-state index in [4.69, 9.17) is 0 Å². The summed E-state index contributed by atoms with van der Waals surface area (Å²) in [4.78, 5) is 39.0. The van der Waals surface area contributed by atoms with Crippen LogP contribution in [0.4, 0.5) is 17.3 Å². The molecule has 3 aromatic rings. The molecule has 3 heterocycles. The number of carbonyl (C=O) groups is 1. The standard InChI is InChI=1S/C24H28N6O2/c1-28-12-14-29(15-13-28)19-9-7-18(8-10-19)26-24-25-16-17-6-11-22(32)30(23(17)27-24)20-4-2-3-5-21(20)31/h6-11,16,20H,2-5,12-15H2,1H3,(H,25,26,27). The van der Waals surface area contributed by atoms with Gasteiger partial charge in [-0.1, -0.05) is 6.42 Å². The molecule has 8 nitrogen and oxygen atoms in total. The molecule has 1 aliphatic carbocycles. The number of hydrogen-bond acceptors (Lipinski definition) is 7. The van der Waals surface area contributed by atoms with Gasteiger partial charge in [0, 0.05) is 61.6 Å². The van der Waals surface area contributed by atoms with Crippen molar-refractivity contribution in [3.63, 3.8) is 0 Å². The quantitative estimate of drug-likeness (QED) is 0.679. The summed E-state index contributed by atoms with van der Waals surface area (Å²) in [5, 5.41) is 3.99. The fourth-order valence-corrected chi connectivity index (χ4v) is 4.59. The van der Waals surface area contributed by atoms with Gasteiger partial charge in [0.2, 0.25) is 5.95 Å². The third-order valence-corrected chi connectivity index (χ3v) is 6.49. The van der Waals surface area contributed by atoms with Crippen LogP contribution in [0.3, 0.4) is 0 Å². The van der Waals surface area contributed by atoms with Crippen LogP contribution in [0.1, 0.15) is 31.7 Å². The Morgan fingerprint density at radius 3 is 2.50 bits per heavy atom. The first-order valence-corrected chi connectivity index (χ1v) is 11.3. The van der Waals surface area contributed by atoms with Crippen molar-refractivity contribution in [1.82, 2.24) is 19.4 Å². The second-order valence-corrected chi connectivity index (χ2v) is 8.70. The van der Waals surface area contributed by atoms with Gasteiger partial charge in [-0.15, -0.1) is 0 Å². The first-order chi connectivity index (χ1) is 15.6. The fraction of sp³-hybridized carbons (Fsp3) is 0.417. The molecule has 5 rings (SSSR count). The zero-order valence-electron chi connectivity index (χ0n) is 18.3. The highest BCUT2D eigenvalue weighted by Crippen LogP contribution is 2.27. The van der Waals surface area contributed by atoms with Crippen molar-refractivity contribution in [2.75, 3.05) is 43.4 Å². The van der Waals surface area contributed by atoms with Gasteiger partial charge in [-0.25, -0.2) is 4.98 Å². The Bertz CT molecular complexity index is 1180.